The Morgan fingerprint density at radius 3 is 2.52 bits per heavy atom. The quantitative estimate of drug-likeness (QED) is 0.872. The smallest absolute Gasteiger partial charge is 0.151 e. The molecule has 0 fully saturated rings. The maximum atomic E-state index is 5.83. The minimum Gasteiger partial charge on any atom is -0.493 e. The van der Waals surface area contributed by atoms with Crippen molar-refractivity contribution in [3.8, 4) is 17.0 Å². The van der Waals surface area contributed by atoms with E-state index in [4.69, 9.17) is 4.74 Å². The monoisotopic (exact) mass is 285 g/mol. The highest BCUT2D eigenvalue weighted by atomic mass is 16.5. The second-order valence-electron chi connectivity index (χ2n) is 5.02. The van der Waals surface area contributed by atoms with Crippen molar-refractivity contribution in [1.82, 2.24) is 10.2 Å². The number of ether oxygens (including phenoxy) is 1. The molecule has 0 bridgehead atoms. The number of para-hydroxylation sites is 1. The lowest BCUT2D eigenvalue weighted by Gasteiger charge is -2.14. The number of benzene rings is 1. The maximum absolute atomic E-state index is 5.83. The predicted octanol–water partition coefficient (Wildman–Crippen LogP) is 3.98. The predicted molar refractivity (Wildman–Crippen MR) is 86.9 cm³/mol. The summed E-state index contributed by atoms with van der Waals surface area (Å²) in [5.41, 5.74) is 4.16. The molecular weight excluding hydrogens is 262 g/mol. The molecule has 4 nitrogen and oxygen atoms in total. The van der Waals surface area contributed by atoms with Crippen LogP contribution in [0.25, 0.3) is 11.3 Å². The molecule has 0 aliphatic heterocycles. The van der Waals surface area contributed by atoms with Crippen molar-refractivity contribution >= 4 is 5.82 Å². The Labute approximate surface area is 126 Å². The first-order chi connectivity index (χ1) is 10.2. The average molecular weight is 285 g/mol. The summed E-state index contributed by atoms with van der Waals surface area (Å²) in [6.45, 7) is 9.85. The number of anilines is 1. The number of hydrogen-bond acceptors (Lipinski definition) is 4. The van der Waals surface area contributed by atoms with E-state index in [9.17, 15) is 0 Å². The molecule has 0 aliphatic rings. The van der Waals surface area contributed by atoms with Gasteiger partial charge in [-0.2, -0.15) is 0 Å². The first-order valence-electron chi connectivity index (χ1n) is 7.49. The van der Waals surface area contributed by atoms with Gasteiger partial charge in [0.1, 0.15) is 5.75 Å². The highest BCUT2D eigenvalue weighted by Gasteiger charge is 2.14. The Kier molecular flexibility index (Phi) is 5.14. The molecule has 0 amide bonds. The van der Waals surface area contributed by atoms with Gasteiger partial charge in [-0.1, -0.05) is 19.1 Å². The summed E-state index contributed by atoms with van der Waals surface area (Å²) in [7, 11) is 0. The van der Waals surface area contributed by atoms with E-state index >= 15 is 0 Å². The van der Waals surface area contributed by atoms with Gasteiger partial charge in [0.2, 0.25) is 0 Å². The fraction of sp³-hybridized carbons (Fsp3) is 0.412. The minimum atomic E-state index is 0.706. The highest BCUT2D eigenvalue weighted by Crippen LogP contribution is 2.32. The van der Waals surface area contributed by atoms with Crippen LogP contribution in [0.3, 0.4) is 0 Å². The fourth-order valence-corrected chi connectivity index (χ4v) is 2.20. The van der Waals surface area contributed by atoms with Crippen LogP contribution < -0.4 is 10.1 Å². The average Bonchev–Trinajstić information content (AvgIpc) is 2.51. The molecule has 1 aromatic heterocycles. The van der Waals surface area contributed by atoms with E-state index in [1.165, 1.54) is 0 Å². The van der Waals surface area contributed by atoms with Gasteiger partial charge in [0.05, 0.1) is 12.3 Å². The summed E-state index contributed by atoms with van der Waals surface area (Å²) >= 11 is 0. The van der Waals surface area contributed by atoms with Crippen LogP contribution in [0.15, 0.2) is 24.3 Å². The Balaban J connectivity index is 2.45. The van der Waals surface area contributed by atoms with Gasteiger partial charge in [0.25, 0.3) is 0 Å². The Bertz CT molecular complexity index is 611. The van der Waals surface area contributed by atoms with E-state index in [-0.39, 0.29) is 0 Å². The normalized spacial score (nSPS) is 10.5. The minimum absolute atomic E-state index is 0.706. The van der Waals surface area contributed by atoms with Crippen LogP contribution in [-0.4, -0.2) is 23.3 Å². The van der Waals surface area contributed by atoms with E-state index < -0.39 is 0 Å². The topological polar surface area (TPSA) is 47.0 Å². The zero-order chi connectivity index (χ0) is 15.2. The van der Waals surface area contributed by atoms with E-state index in [1.807, 2.05) is 24.3 Å². The lowest BCUT2D eigenvalue weighted by Crippen LogP contribution is -2.06. The van der Waals surface area contributed by atoms with Crippen molar-refractivity contribution in [2.75, 3.05) is 18.5 Å². The van der Waals surface area contributed by atoms with Crippen molar-refractivity contribution in [1.29, 1.82) is 0 Å². The van der Waals surface area contributed by atoms with Gasteiger partial charge in [-0.15, -0.1) is 10.2 Å². The largest absolute Gasteiger partial charge is 0.493 e. The zero-order valence-corrected chi connectivity index (χ0v) is 13.2. The molecular formula is C17H23N3O. The molecule has 4 heteroatoms. The molecule has 21 heavy (non-hydrogen) atoms. The number of rotatable bonds is 6. The van der Waals surface area contributed by atoms with Crippen LogP contribution in [0.5, 0.6) is 5.75 Å². The molecule has 1 N–H and O–H groups in total. The lowest BCUT2D eigenvalue weighted by molar-refractivity contribution is 0.318. The molecule has 0 unspecified atom stereocenters. The Hall–Kier alpha value is -2.10. The van der Waals surface area contributed by atoms with Crippen LogP contribution in [0.4, 0.5) is 5.82 Å². The molecule has 0 saturated carbocycles. The first-order valence-corrected chi connectivity index (χ1v) is 7.49. The molecule has 1 heterocycles. The summed E-state index contributed by atoms with van der Waals surface area (Å²) in [4.78, 5) is 0. The number of aromatic nitrogens is 2. The third kappa shape index (κ3) is 3.32. The highest BCUT2D eigenvalue weighted by molar-refractivity contribution is 5.71. The van der Waals surface area contributed by atoms with E-state index in [0.717, 1.165) is 46.9 Å². The summed E-state index contributed by atoms with van der Waals surface area (Å²) in [6.07, 6.45) is 0.984. The molecule has 0 atom stereocenters. The third-order valence-corrected chi connectivity index (χ3v) is 3.47. The van der Waals surface area contributed by atoms with Crippen molar-refractivity contribution in [3.63, 3.8) is 0 Å². The summed E-state index contributed by atoms with van der Waals surface area (Å²) in [5.74, 6) is 1.72. The van der Waals surface area contributed by atoms with Crippen LogP contribution in [0.1, 0.15) is 31.4 Å². The summed E-state index contributed by atoms with van der Waals surface area (Å²) in [5, 5.41) is 12.0. The van der Waals surface area contributed by atoms with E-state index in [1.54, 1.807) is 0 Å². The Morgan fingerprint density at radius 2 is 1.81 bits per heavy atom. The van der Waals surface area contributed by atoms with Gasteiger partial charge in [-0.25, -0.2) is 0 Å². The molecule has 0 aliphatic carbocycles. The van der Waals surface area contributed by atoms with Crippen molar-refractivity contribution < 1.29 is 4.74 Å². The van der Waals surface area contributed by atoms with E-state index in [0.29, 0.717) is 6.61 Å². The standard InChI is InChI=1S/C17H23N3O/c1-5-11-21-15-10-8-7-9-14(15)16-12(3)13(4)17(18-6-2)20-19-16/h7-10H,5-6,11H2,1-4H3,(H,18,20). The van der Waals surface area contributed by atoms with Gasteiger partial charge in [-0.05, 0) is 50.5 Å². The van der Waals surface area contributed by atoms with Gasteiger partial charge < -0.3 is 10.1 Å². The molecule has 0 saturated heterocycles. The van der Waals surface area contributed by atoms with Gasteiger partial charge >= 0.3 is 0 Å². The molecule has 2 aromatic rings. The summed E-state index contributed by atoms with van der Waals surface area (Å²) in [6, 6.07) is 8.01. The third-order valence-electron chi connectivity index (χ3n) is 3.47. The molecule has 112 valence electrons. The second-order valence-corrected chi connectivity index (χ2v) is 5.02. The fourth-order valence-electron chi connectivity index (χ4n) is 2.20. The molecule has 0 radical (unpaired) electrons. The number of nitrogens with zero attached hydrogens (tertiary/aromatic N) is 2. The zero-order valence-electron chi connectivity index (χ0n) is 13.2. The van der Waals surface area contributed by atoms with Crippen LogP contribution >= 0.6 is 0 Å². The number of hydrogen-bond donors (Lipinski definition) is 1. The van der Waals surface area contributed by atoms with E-state index in [2.05, 4.69) is 43.2 Å². The maximum Gasteiger partial charge on any atom is 0.151 e. The van der Waals surface area contributed by atoms with Crippen LogP contribution in [-0.2, 0) is 0 Å². The van der Waals surface area contributed by atoms with Gasteiger partial charge in [0, 0.05) is 12.1 Å². The SMILES string of the molecule is CCCOc1ccccc1-c1nnc(NCC)c(C)c1C. The van der Waals surface area contributed by atoms with Crippen molar-refractivity contribution in [2.45, 2.75) is 34.1 Å². The van der Waals surface area contributed by atoms with Gasteiger partial charge in [0.15, 0.2) is 5.82 Å². The van der Waals surface area contributed by atoms with Crippen LogP contribution in [0.2, 0.25) is 0 Å². The molecule has 1 aromatic carbocycles. The van der Waals surface area contributed by atoms with Crippen molar-refractivity contribution in [2.24, 2.45) is 0 Å². The lowest BCUT2D eigenvalue weighted by atomic mass is 10.0. The second kappa shape index (κ2) is 7.07. The van der Waals surface area contributed by atoms with Crippen LogP contribution in [0, 0.1) is 13.8 Å². The van der Waals surface area contributed by atoms with Gasteiger partial charge in [-0.3, -0.25) is 0 Å². The first kappa shape index (κ1) is 15.3. The Morgan fingerprint density at radius 1 is 1.05 bits per heavy atom. The summed E-state index contributed by atoms with van der Waals surface area (Å²) < 4.78 is 5.83. The number of nitrogens with one attached hydrogen (secondary N) is 1. The molecule has 2 rings (SSSR count). The van der Waals surface area contributed by atoms with Crippen molar-refractivity contribution in [3.05, 3.63) is 35.4 Å². The molecule has 0 spiro atoms.